The van der Waals surface area contributed by atoms with Crippen LogP contribution in [0.25, 0.3) is 0 Å². The minimum Gasteiger partial charge on any atom is -0.548 e. The Balaban J connectivity index is 2.01. The van der Waals surface area contributed by atoms with Crippen molar-refractivity contribution in [1.82, 2.24) is 4.90 Å². The lowest BCUT2D eigenvalue weighted by Gasteiger charge is -2.30. The van der Waals surface area contributed by atoms with Gasteiger partial charge in [0.05, 0.1) is 17.6 Å². The van der Waals surface area contributed by atoms with Crippen LogP contribution in [-0.4, -0.2) is 28.8 Å². The third-order valence-electron chi connectivity index (χ3n) is 3.45. The van der Waals surface area contributed by atoms with Crippen LogP contribution in [0.1, 0.15) is 35.0 Å². The summed E-state index contributed by atoms with van der Waals surface area (Å²) in [5.41, 5.74) is 0.887. The molecule has 2 heterocycles. The molecule has 0 saturated carbocycles. The van der Waals surface area contributed by atoms with Crippen LogP contribution in [0.4, 0.5) is 0 Å². The fraction of sp³-hybridized carbons (Fsp3) is 0.308. The summed E-state index contributed by atoms with van der Waals surface area (Å²) >= 11 is 0. The molecule has 1 aromatic rings. The number of hydrogen-bond acceptors (Lipinski definition) is 5. The van der Waals surface area contributed by atoms with Crippen molar-refractivity contribution >= 4 is 17.8 Å². The minimum absolute atomic E-state index is 0.120. The van der Waals surface area contributed by atoms with Crippen molar-refractivity contribution in [3.05, 3.63) is 35.4 Å². The van der Waals surface area contributed by atoms with E-state index in [2.05, 4.69) is 0 Å². The zero-order valence-electron chi connectivity index (χ0n) is 9.87. The predicted octanol–water partition coefficient (Wildman–Crippen LogP) is -0.404. The first-order chi connectivity index (χ1) is 9.09. The Labute approximate surface area is 108 Å². The molecule has 2 atom stereocenters. The number of esters is 1. The number of carboxylic acids is 1. The molecule has 0 spiro atoms. The zero-order chi connectivity index (χ0) is 13.6. The average Bonchev–Trinajstić information content (AvgIpc) is 2.91. The number of nitrogens with zero attached hydrogens (tertiary/aromatic N) is 1. The number of fused-ring (bicyclic) bond motifs is 1. The molecule has 0 aliphatic carbocycles. The van der Waals surface area contributed by atoms with Crippen molar-refractivity contribution in [3.63, 3.8) is 0 Å². The molecule has 1 fully saturated rings. The molecule has 1 amide bonds. The Morgan fingerprint density at radius 2 is 2.05 bits per heavy atom. The highest BCUT2D eigenvalue weighted by Crippen LogP contribution is 2.37. The normalized spacial score (nSPS) is 25.4. The van der Waals surface area contributed by atoms with Crippen molar-refractivity contribution < 1.29 is 24.2 Å². The predicted molar refractivity (Wildman–Crippen MR) is 59.5 cm³/mol. The molecule has 1 aromatic carbocycles. The summed E-state index contributed by atoms with van der Waals surface area (Å²) in [4.78, 5) is 35.7. The maximum Gasteiger partial charge on any atom is 0.340 e. The van der Waals surface area contributed by atoms with Gasteiger partial charge in [-0.1, -0.05) is 18.2 Å². The van der Waals surface area contributed by atoms with Gasteiger partial charge in [-0.3, -0.25) is 9.69 Å². The molecule has 0 radical (unpaired) electrons. The summed E-state index contributed by atoms with van der Waals surface area (Å²) in [6.07, 6.45) is -0.659. The number of rotatable bonds is 2. The van der Waals surface area contributed by atoms with Crippen molar-refractivity contribution in [3.8, 4) is 0 Å². The SMILES string of the molecule is O=C1O[C@@H](N2C(=O)CC[C@H]2C(=O)[O-])c2ccccc21. The standard InChI is InChI=1S/C13H11NO5/c15-10-6-5-9(12(16)17)14(10)11-7-3-1-2-4-8(7)13(18)19-11/h1-4,9,11H,5-6H2,(H,16,17)/p-1/t9-,11+/m0/s1. The van der Waals surface area contributed by atoms with Crippen molar-refractivity contribution in [2.75, 3.05) is 0 Å². The minimum atomic E-state index is -1.33. The number of carboxylic acid groups (broad SMARTS) is 1. The van der Waals surface area contributed by atoms with Gasteiger partial charge in [0.25, 0.3) is 0 Å². The summed E-state index contributed by atoms with van der Waals surface area (Å²) in [7, 11) is 0. The number of carbonyl (C=O) groups is 3. The summed E-state index contributed by atoms with van der Waals surface area (Å²) in [5, 5.41) is 11.1. The van der Waals surface area contributed by atoms with Crippen LogP contribution in [-0.2, 0) is 14.3 Å². The molecular formula is C13H10NO5-. The van der Waals surface area contributed by atoms with E-state index in [1.54, 1.807) is 24.3 Å². The Kier molecular flexibility index (Phi) is 2.51. The lowest BCUT2D eigenvalue weighted by Crippen LogP contribution is -2.47. The number of likely N-dealkylation sites (tertiary alicyclic amines) is 1. The Morgan fingerprint density at radius 1 is 1.32 bits per heavy atom. The van der Waals surface area contributed by atoms with Gasteiger partial charge in [0.1, 0.15) is 0 Å². The smallest absolute Gasteiger partial charge is 0.340 e. The molecule has 19 heavy (non-hydrogen) atoms. The fourth-order valence-electron chi connectivity index (χ4n) is 2.56. The molecule has 2 aliphatic rings. The quantitative estimate of drug-likeness (QED) is 0.675. The third-order valence-corrected chi connectivity index (χ3v) is 3.45. The van der Waals surface area contributed by atoms with Gasteiger partial charge in [-0.15, -0.1) is 0 Å². The highest BCUT2D eigenvalue weighted by Gasteiger charge is 2.43. The van der Waals surface area contributed by atoms with Gasteiger partial charge < -0.3 is 14.6 Å². The summed E-state index contributed by atoms with van der Waals surface area (Å²) in [6.45, 7) is 0. The fourth-order valence-corrected chi connectivity index (χ4v) is 2.56. The second-order valence-corrected chi connectivity index (χ2v) is 4.52. The zero-order valence-corrected chi connectivity index (χ0v) is 9.87. The number of ether oxygens (including phenoxy) is 1. The van der Waals surface area contributed by atoms with Crippen LogP contribution >= 0.6 is 0 Å². The maximum absolute atomic E-state index is 11.8. The van der Waals surface area contributed by atoms with Crippen LogP contribution in [0.2, 0.25) is 0 Å². The molecule has 2 aliphatic heterocycles. The van der Waals surface area contributed by atoms with E-state index in [1.165, 1.54) is 0 Å². The van der Waals surface area contributed by atoms with Crippen LogP contribution in [0.3, 0.4) is 0 Å². The van der Waals surface area contributed by atoms with E-state index in [4.69, 9.17) is 4.74 Å². The van der Waals surface area contributed by atoms with Gasteiger partial charge >= 0.3 is 5.97 Å². The summed E-state index contributed by atoms with van der Waals surface area (Å²) in [5.74, 6) is -2.22. The van der Waals surface area contributed by atoms with Crippen LogP contribution in [0.5, 0.6) is 0 Å². The largest absolute Gasteiger partial charge is 0.548 e. The highest BCUT2D eigenvalue weighted by molar-refractivity contribution is 5.95. The second-order valence-electron chi connectivity index (χ2n) is 4.52. The van der Waals surface area contributed by atoms with Gasteiger partial charge in [0.2, 0.25) is 12.1 Å². The molecule has 6 heteroatoms. The third kappa shape index (κ3) is 1.68. The molecule has 3 rings (SSSR count). The van der Waals surface area contributed by atoms with Crippen molar-refractivity contribution in [1.29, 1.82) is 0 Å². The van der Waals surface area contributed by atoms with Gasteiger partial charge in [-0.25, -0.2) is 4.79 Å². The van der Waals surface area contributed by atoms with E-state index in [9.17, 15) is 19.5 Å². The molecule has 98 valence electrons. The van der Waals surface area contributed by atoms with Gasteiger partial charge in [0.15, 0.2) is 0 Å². The van der Waals surface area contributed by atoms with Gasteiger partial charge in [0, 0.05) is 12.0 Å². The number of amides is 1. The van der Waals surface area contributed by atoms with E-state index in [1.807, 2.05) is 0 Å². The van der Waals surface area contributed by atoms with E-state index in [-0.39, 0.29) is 18.7 Å². The molecule has 0 bridgehead atoms. The van der Waals surface area contributed by atoms with E-state index < -0.39 is 24.2 Å². The molecule has 0 unspecified atom stereocenters. The number of aliphatic carboxylic acids is 1. The van der Waals surface area contributed by atoms with E-state index in [0.29, 0.717) is 11.1 Å². The lowest BCUT2D eigenvalue weighted by atomic mass is 10.1. The Morgan fingerprint density at radius 3 is 2.79 bits per heavy atom. The lowest BCUT2D eigenvalue weighted by molar-refractivity contribution is -0.312. The van der Waals surface area contributed by atoms with Gasteiger partial charge in [-0.05, 0) is 12.5 Å². The number of hydrogen-bond donors (Lipinski definition) is 0. The number of benzene rings is 1. The van der Waals surface area contributed by atoms with Crippen LogP contribution < -0.4 is 5.11 Å². The van der Waals surface area contributed by atoms with Crippen molar-refractivity contribution in [2.45, 2.75) is 25.1 Å². The maximum atomic E-state index is 11.8. The van der Waals surface area contributed by atoms with Crippen LogP contribution in [0, 0.1) is 0 Å². The molecule has 0 aromatic heterocycles. The first-order valence-corrected chi connectivity index (χ1v) is 5.91. The molecule has 1 saturated heterocycles. The topological polar surface area (TPSA) is 86.7 Å². The number of carbonyl (C=O) groups excluding carboxylic acids is 3. The Hall–Kier alpha value is -2.37. The van der Waals surface area contributed by atoms with Crippen LogP contribution in [0.15, 0.2) is 24.3 Å². The number of cyclic esters (lactones) is 1. The molecular weight excluding hydrogens is 250 g/mol. The molecule has 0 N–H and O–H groups in total. The Bertz CT molecular complexity index is 582. The highest BCUT2D eigenvalue weighted by atomic mass is 16.6. The first kappa shape index (κ1) is 11.7. The van der Waals surface area contributed by atoms with Crippen molar-refractivity contribution in [2.24, 2.45) is 0 Å². The first-order valence-electron chi connectivity index (χ1n) is 5.91. The summed E-state index contributed by atoms with van der Waals surface area (Å²) in [6, 6.07) is 5.60. The van der Waals surface area contributed by atoms with Gasteiger partial charge in [-0.2, -0.15) is 0 Å². The van der Waals surface area contributed by atoms with E-state index in [0.717, 1.165) is 4.90 Å². The average molecular weight is 260 g/mol. The van der Waals surface area contributed by atoms with E-state index >= 15 is 0 Å². The second kappa shape index (κ2) is 4.08. The summed E-state index contributed by atoms with van der Waals surface area (Å²) < 4.78 is 5.14. The molecule has 6 nitrogen and oxygen atoms in total. The monoisotopic (exact) mass is 260 g/mol.